The van der Waals surface area contributed by atoms with E-state index in [1.165, 1.54) is 6.07 Å². The highest BCUT2D eigenvalue weighted by Gasteiger charge is 2.51. The molecule has 4 amide bonds. The van der Waals surface area contributed by atoms with Gasteiger partial charge in [-0.3, -0.25) is 14.9 Å². The van der Waals surface area contributed by atoms with Gasteiger partial charge in [-0.05, 0) is 24.5 Å². The predicted octanol–water partition coefficient (Wildman–Crippen LogP) is 0.816. The Bertz CT molecular complexity index is 664. The van der Waals surface area contributed by atoms with Crippen LogP contribution in [0.15, 0.2) is 24.3 Å². The van der Waals surface area contributed by atoms with Crippen LogP contribution in [0.4, 0.5) is 9.18 Å². The number of benzene rings is 1. The number of amides is 4. The zero-order valence-corrected chi connectivity index (χ0v) is 12.6. The van der Waals surface area contributed by atoms with Crippen molar-refractivity contribution in [1.29, 1.82) is 0 Å². The number of halogens is 1. The van der Waals surface area contributed by atoms with Crippen molar-refractivity contribution < 1.29 is 18.8 Å². The van der Waals surface area contributed by atoms with Gasteiger partial charge < -0.3 is 10.2 Å². The number of nitrogens with one attached hydrogen (secondary N) is 2. The molecule has 2 aliphatic rings. The average Bonchev–Trinajstić information content (AvgIpc) is 3.05. The molecule has 0 unspecified atom stereocenters. The van der Waals surface area contributed by atoms with E-state index in [9.17, 15) is 18.8 Å². The molecule has 1 aromatic carbocycles. The fraction of sp³-hybridized carbons (Fsp3) is 0.438. The largest absolute Gasteiger partial charge is 0.338 e. The van der Waals surface area contributed by atoms with Crippen LogP contribution in [0.25, 0.3) is 0 Å². The minimum absolute atomic E-state index is 0.144. The van der Waals surface area contributed by atoms with Gasteiger partial charge >= 0.3 is 6.03 Å². The molecule has 122 valence electrons. The van der Waals surface area contributed by atoms with E-state index in [0.717, 1.165) is 0 Å². The molecule has 7 heteroatoms. The smallest absolute Gasteiger partial charge is 0.317 e. The number of carbonyl (C=O) groups excluding carboxylic acids is 3. The van der Waals surface area contributed by atoms with E-state index < -0.39 is 5.41 Å². The lowest BCUT2D eigenvalue weighted by molar-refractivity contribution is -0.128. The number of rotatable bonds is 3. The van der Waals surface area contributed by atoms with Gasteiger partial charge in [0.1, 0.15) is 5.82 Å². The van der Waals surface area contributed by atoms with Crippen LogP contribution in [-0.4, -0.2) is 42.4 Å². The summed E-state index contributed by atoms with van der Waals surface area (Å²) in [6.07, 6.45) is 1.03. The van der Waals surface area contributed by atoms with E-state index in [1.807, 2.05) is 0 Å². The maximum atomic E-state index is 13.5. The zero-order chi connectivity index (χ0) is 16.4. The quantitative estimate of drug-likeness (QED) is 0.810. The lowest BCUT2D eigenvalue weighted by Gasteiger charge is -2.20. The fourth-order valence-corrected chi connectivity index (χ4v) is 3.18. The third-order valence-corrected chi connectivity index (χ3v) is 4.50. The molecule has 0 radical (unpaired) electrons. The van der Waals surface area contributed by atoms with Crippen LogP contribution in [0.3, 0.4) is 0 Å². The molecule has 1 atom stereocenters. The highest BCUT2D eigenvalue weighted by Crippen LogP contribution is 2.37. The topological polar surface area (TPSA) is 78.5 Å². The van der Waals surface area contributed by atoms with Gasteiger partial charge in [0.05, 0.1) is 5.41 Å². The van der Waals surface area contributed by atoms with E-state index in [-0.39, 0.29) is 36.6 Å². The van der Waals surface area contributed by atoms with Crippen LogP contribution in [0, 0.1) is 11.2 Å². The predicted molar refractivity (Wildman–Crippen MR) is 79.9 cm³/mol. The molecule has 0 aromatic heterocycles. The van der Waals surface area contributed by atoms with Gasteiger partial charge in [-0.15, -0.1) is 0 Å². The van der Waals surface area contributed by atoms with Crippen LogP contribution in [0.1, 0.15) is 18.4 Å². The van der Waals surface area contributed by atoms with Gasteiger partial charge in [0.15, 0.2) is 0 Å². The Kier molecular flexibility index (Phi) is 4.02. The normalized spacial score (nSPS) is 23.4. The third kappa shape index (κ3) is 3.04. The molecule has 6 nitrogen and oxygen atoms in total. The molecule has 23 heavy (non-hydrogen) atoms. The maximum absolute atomic E-state index is 13.5. The number of urea groups is 1. The Morgan fingerprint density at radius 2 is 2.13 bits per heavy atom. The number of hydrogen-bond donors (Lipinski definition) is 2. The summed E-state index contributed by atoms with van der Waals surface area (Å²) < 4.78 is 13.5. The molecule has 2 N–H and O–H groups in total. The highest BCUT2D eigenvalue weighted by molar-refractivity contribution is 6.06. The van der Waals surface area contributed by atoms with Crippen LogP contribution >= 0.6 is 0 Å². The Morgan fingerprint density at radius 1 is 1.35 bits per heavy atom. The maximum Gasteiger partial charge on any atom is 0.317 e. The number of hydrogen-bond acceptors (Lipinski definition) is 3. The van der Waals surface area contributed by atoms with Gasteiger partial charge in [-0.2, -0.15) is 0 Å². The Hall–Kier alpha value is -2.44. The van der Waals surface area contributed by atoms with Crippen molar-refractivity contribution in [3.63, 3.8) is 0 Å². The van der Waals surface area contributed by atoms with Gasteiger partial charge in [-0.1, -0.05) is 18.2 Å². The molecule has 2 heterocycles. The minimum atomic E-state index is -0.764. The second kappa shape index (κ2) is 5.98. The van der Waals surface area contributed by atoms with Crippen molar-refractivity contribution >= 4 is 17.8 Å². The van der Waals surface area contributed by atoms with E-state index in [4.69, 9.17) is 0 Å². The lowest BCUT2D eigenvalue weighted by Crippen LogP contribution is -2.42. The Balaban J connectivity index is 1.51. The first-order valence-electron chi connectivity index (χ1n) is 7.61. The molecule has 0 bridgehead atoms. The first-order valence-corrected chi connectivity index (χ1v) is 7.61. The number of likely N-dealkylation sites (tertiary alicyclic amines) is 1. The molecule has 2 fully saturated rings. The first-order chi connectivity index (χ1) is 11.0. The second-order valence-corrected chi connectivity index (χ2v) is 6.08. The summed E-state index contributed by atoms with van der Waals surface area (Å²) >= 11 is 0. The number of carbonyl (C=O) groups is 3. The van der Waals surface area contributed by atoms with Gasteiger partial charge in [-0.25, -0.2) is 9.18 Å². The van der Waals surface area contributed by atoms with Gasteiger partial charge in [0, 0.05) is 26.1 Å². The fourth-order valence-electron chi connectivity index (χ4n) is 3.18. The summed E-state index contributed by atoms with van der Waals surface area (Å²) in [4.78, 5) is 36.9. The molecular formula is C16H18FN3O3. The average molecular weight is 319 g/mol. The second-order valence-electron chi connectivity index (χ2n) is 6.08. The van der Waals surface area contributed by atoms with Gasteiger partial charge in [0.25, 0.3) is 0 Å². The molecule has 2 aliphatic heterocycles. The van der Waals surface area contributed by atoms with Crippen LogP contribution < -0.4 is 10.6 Å². The standard InChI is InChI=1S/C16H18FN3O3/c17-12-4-2-1-3-11(12)5-7-18-15(23)20-8-6-16(10-20)9-13(21)19-14(16)22/h1-4H,5-10H2,(H,18,23)(H,19,21,22)/t16-/m1/s1. The van der Waals surface area contributed by atoms with E-state index in [0.29, 0.717) is 31.5 Å². The SMILES string of the molecule is O=C1C[C@@]2(CCN(C(=O)NCCc3ccccc3F)C2)C(=O)N1. The highest BCUT2D eigenvalue weighted by atomic mass is 19.1. The van der Waals surface area contributed by atoms with Crippen molar-refractivity contribution in [3.05, 3.63) is 35.6 Å². The summed E-state index contributed by atoms with van der Waals surface area (Å²) in [7, 11) is 0. The molecular weight excluding hydrogens is 301 g/mol. The van der Waals surface area contributed by atoms with E-state index >= 15 is 0 Å². The zero-order valence-electron chi connectivity index (χ0n) is 12.6. The van der Waals surface area contributed by atoms with Crippen molar-refractivity contribution in [3.8, 4) is 0 Å². The summed E-state index contributed by atoms with van der Waals surface area (Å²) in [6, 6.07) is 6.15. The molecule has 2 saturated heterocycles. The van der Waals surface area contributed by atoms with Crippen molar-refractivity contribution in [2.24, 2.45) is 5.41 Å². The monoisotopic (exact) mass is 319 g/mol. The Morgan fingerprint density at radius 3 is 2.83 bits per heavy atom. The van der Waals surface area contributed by atoms with Crippen molar-refractivity contribution in [2.45, 2.75) is 19.3 Å². The van der Waals surface area contributed by atoms with E-state index in [2.05, 4.69) is 10.6 Å². The molecule has 0 saturated carbocycles. The van der Waals surface area contributed by atoms with Crippen LogP contribution in [0.5, 0.6) is 0 Å². The van der Waals surface area contributed by atoms with Crippen LogP contribution in [-0.2, 0) is 16.0 Å². The third-order valence-electron chi connectivity index (χ3n) is 4.50. The van der Waals surface area contributed by atoms with E-state index in [1.54, 1.807) is 23.1 Å². The number of nitrogens with zero attached hydrogens (tertiary/aromatic N) is 1. The number of imide groups is 1. The van der Waals surface area contributed by atoms with Gasteiger partial charge in [0.2, 0.25) is 11.8 Å². The summed E-state index contributed by atoms with van der Waals surface area (Å²) in [5.74, 6) is -0.857. The first kappa shape index (κ1) is 15.5. The summed E-state index contributed by atoms with van der Waals surface area (Å²) in [5.41, 5.74) is -0.216. The molecule has 3 rings (SSSR count). The van der Waals surface area contributed by atoms with Crippen molar-refractivity contribution in [2.75, 3.05) is 19.6 Å². The summed E-state index contributed by atoms with van der Waals surface area (Å²) in [6.45, 7) is 0.997. The van der Waals surface area contributed by atoms with Crippen LogP contribution in [0.2, 0.25) is 0 Å². The Labute approximate surface area is 133 Å². The molecule has 0 aliphatic carbocycles. The molecule has 1 aromatic rings. The van der Waals surface area contributed by atoms with Crippen molar-refractivity contribution in [1.82, 2.24) is 15.5 Å². The summed E-state index contributed by atoms with van der Waals surface area (Å²) in [5, 5.41) is 5.04. The lowest BCUT2D eigenvalue weighted by atomic mass is 9.85. The molecule has 1 spiro atoms. The minimum Gasteiger partial charge on any atom is -0.338 e.